The molecule has 0 spiro atoms. The van der Waals surface area contributed by atoms with Crippen molar-refractivity contribution < 1.29 is 19.4 Å². The molecule has 1 fully saturated rings. The van der Waals surface area contributed by atoms with Crippen LogP contribution in [0, 0.1) is 5.92 Å². The van der Waals surface area contributed by atoms with Crippen LogP contribution in [0.5, 0.6) is 5.75 Å². The molecule has 6 nitrogen and oxygen atoms in total. The molecule has 0 aromatic heterocycles. The Morgan fingerprint density at radius 2 is 2.30 bits per heavy atom. The van der Waals surface area contributed by atoms with Crippen molar-refractivity contribution in [2.45, 2.75) is 12.8 Å². The Morgan fingerprint density at radius 3 is 3.00 bits per heavy atom. The van der Waals surface area contributed by atoms with Crippen molar-refractivity contribution in [2.75, 3.05) is 25.0 Å². The number of piperidine rings is 1. The minimum Gasteiger partial charge on any atom is -0.482 e. The SMILES string of the molecule is O=C(O)COc1cccc(NC(=O)[C@@H]2CCCNC2)c1. The normalized spacial score (nSPS) is 18.3. The van der Waals surface area contributed by atoms with Crippen LogP contribution in [0.3, 0.4) is 0 Å². The molecule has 1 amide bonds. The molecule has 0 bridgehead atoms. The van der Waals surface area contributed by atoms with Crippen molar-refractivity contribution in [1.29, 1.82) is 0 Å². The van der Waals surface area contributed by atoms with Gasteiger partial charge in [-0.2, -0.15) is 0 Å². The van der Waals surface area contributed by atoms with E-state index in [1.807, 2.05) is 0 Å². The van der Waals surface area contributed by atoms with Gasteiger partial charge in [0.15, 0.2) is 6.61 Å². The molecule has 0 unspecified atom stereocenters. The summed E-state index contributed by atoms with van der Waals surface area (Å²) in [5.74, 6) is -0.653. The van der Waals surface area contributed by atoms with E-state index in [2.05, 4.69) is 10.6 Å². The van der Waals surface area contributed by atoms with Crippen molar-refractivity contribution >= 4 is 17.6 Å². The Hall–Kier alpha value is -2.08. The Bertz CT molecular complexity index is 484. The van der Waals surface area contributed by atoms with E-state index >= 15 is 0 Å². The van der Waals surface area contributed by atoms with Crippen molar-refractivity contribution in [2.24, 2.45) is 5.92 Å². The van der Waals surface area contributed by atoms with Gasteiger partial charge in [-0.15, -0.1) is 0 Å². The Morgan fingerprint density at radius 1 is 1.45 bits per heavy atom. The van der Waals surface area contributed by atoms with Gasteiger partial charge in [0.05, 0.1) is 5.92 Å². The first-order chi connectivity index (χ1) is 9.65. The highest BCUT2D eigenvalue weighted by Gasteiger charge is 2.20. The molecule has 6 heteroatoms. The molecule has 20 heavy (non-hydrogen) atoms. The maximum atomic E-state index is 12.1. The highest BCUT2D eigenvalue weighted by atomic mass is 16.5. The van der Waals surface area contributed by atoms with Gasteiger partial charge < -0.3 is 20.5 Å². The van der Waals surface area contributed by atoms with Crippen LogP contribution in [-0.2, 0) is 9.59 Å². The Labute approximate surface area is 117 Å². The second-order valence-corrected chi connectivity index (χ2v) is 4.74. The summed E-state index contributed by atoms with van der Waals surface area (Å²) in [6, 6.07) is 6.74. The van der Waals surface area contributed by atoms with Crippen LogP contribution in [-0.4, -0.2) is 36.7 Å². The number of anilines is 1. The van der Waals surface area contributed by atoms with Crippen molar-refractivity contribution in [3.8, 4) is 5.75 Å². The maximum absolute atomic E-state index is 12.1. The number of aliphatic carboxylic acids is 1. The first-order valence-electron chi connectivity index (χ1n) is 6.61. The fourth-order valence-electron chi connectivity index (χ4n) is 2.13. The second kappa shape index (κ2) is 6.91. The number of hydrogen-bond donors (Lipinski definition) is 3. The van der Waals surface area contributed by atoms with E-state index in [0.29, 0.717) is 18.0 Å². The lowest BCUT2D eigenvalue weighted by molar-refractivity contribution is -0.139. The predicted octanol–water partition coefficient (Wildman–Crippen LogP) is 1.09. The number of carbonyl (C=O) groups excluding carboxylic acids is 1. The van der Waals surface area contributed by atoms with E-state index in [-0.39, 0.29) is 11.8 Å². The first kappa shape index (κ1) is 14.3. The average Bonchev–Trinajstić information content (AvgIpc) is 2.46. The van der Waals surface area contributed by atoms with E-state index < -0.39 is 12.6 Å². The standard InChI is InChI=1S/C14H18N2O4/c17-13(18)9-20-12-5-1-4-11(7-12)16-14(19)10-3-2-6-15-8-10/h1,4-5,7,10,15H,2-3,6,8-9H2,(H,16,19)(H,17,18)/t10-/m1/s1. The van der Waals surface area contributed by atoms with Gasteiger partial charge in [-0.05, 0) is 31.5 Å². The minimum atomic E-state index is -1.03. The third-order valence-corrected chi connectivity index (χ3v) is 3.13. The summed E-state index contributed by atoms with van der Waals surface area (Å²) in [6.45, 7) is 1.26. The monoisotopic (exact) mass is 278 g/mol. The quantitative estimate of drug-likeness (QED) is 0.750. The van der Waals surface area contributed by atoms with Crippen LogP contribution in [0.1, 0.15) is 12.8 Å². The van der Waals surface area contributed by atoms with Gasteiger partial charge in [0.25, 0.3) is 0 Å². The topological polar surface area (TPSA) is 87.7 Å². The summed E-state index contributed by atoms with van der Waals surface area (Å²) < 4.78 is 5.07. The van der Waals surface area contributed by atoms with Gasteiger partial charge in [-0.25, -0.2) is 4.79 Å². The summed E-state index contributed by atoms with van der Waals surface area (Å²) in [6.07, 6.45) is 1.88. The fourth-order valence-corrected chi connectivity index (χ4v) is 2.13. The van der Waals surface area contributed by atoms with Gasteiger partial charge in [-0.3, -0.25) is 4.79 Å². The lowest BCUT2D eigenvalue weighted by atomic mass is 9.99. The number of carboxylic acids is 1. The number of benzene rings is 1. The number of carbonyl (C=O) groups is 2. The highest BCUT2D eigenvalue weighted by molar-refractivity contribution is 5.92. The van der Waals surface area contributed by atoms with Crippen LogP contribution in [0.15, 0.2) is 24.3 Å². The number of ether oxygens (including phenoxy) is 1. The number of carboxylic acid groups (broad SMARTS) is 1. The number of rotatable bonds is 5. The lowest BCUT2D eigenvalue weighted by Gasteiger charge is -2.22. The van der Waals surface area contributed by atoms with E-state index in [1.165, 1.54) is 0 Å². The summed E-state index contributed by atoms with van der Waals surface area (Å²) in [4.78, 5) is 22.5. The molecule has 0 saturated carbocycles. The van der Waals surface area contributed by atoms with Crippen molar-refractivity contribution in [1.82, 2.24) is 5.32 Å². The van der Waals surface area contributed by atoms with Crippen LogP contribution in [0.25, 0.3) is 0 Å². The summed E-state index contributed by atoms with van der Waals surface area (Å²) in [5, 5.41) is 14.6. The van der Waals surface area contributed by atoms with Gasteiger partial charge in [-0.1, -0.05) is 6.07 Å². The molecule has 1 aromatic rings. The van der Waals surface area contributed by atoms with E-state index in [4.69, 9.17) is 9.84 Å². The molecule has 1 heterocycles. The predicted molar refractivity (Wildman–Crippen MR) is 73.8 cm³/mol. The van der Waals surface area contributed by atoms with Crippen LogP contribution < -0.4 is 15.4 Å². The molecule has 1 saturated heterocycles. The number of hydrogen-bond acceptors (Lipinski definition) is 4. The average molecular weight is 278 g/mol. The van der Waals surface area contributed by atoms with Gasteiger partial charge >= 0.3 is 5.97 Å². The molecule has 3 N–H and O–H groups in total. The lowest BCUT2D eigenvalue weighted by Crippen LogP contribution is -2.37. The largest absolute Gasteiger partial charge is 0.482 e. The molecule has 108 valence electrons. The first-order valence-corrected chi connectivity index (χ1v) is 6.61. The molecule has 2 rings (SSSR count). The van der Waals surface area contributed by atoms with Crippen molar-refractivity contribution in [3.63, 3.8) is 0 Å². The fraction of sp³-hybridized carbons (Fsp3) is 0.429. The van der Waals surface area contributed by atoms with E-state index in [0.717, 1.165) is 19.4 Å². The summed E-state index contributed by atoms with van der Waals surface area (Å²) >= 11 is 0. The Kier molecular flexibility index (Phi) is 4.95. The molecule has 0 aliphatic carbocycles. The summed E-state index contributed by atoms with van der Waals surface area (Å²) in [7, 11) is 0. The molecular weight excluding hydrogens is 260 g/mol. The Balaban J connectivity index is 1.93. The molecule has 1 aliphatic rings. The van der Waals surface area contributed by atoms with Gasteiger partial charge in [0.2, 0.25) is 5.91 Å². The van der Waals surface area contributed by atoms with Gasteiger partial charge in [0.1, 0.15) is 5.75 Å². The van der Waals surface area contributed by atoms with Crippen molar-refractivity contribution in [3.05, 3.63) is 24.3 Å². The molecule has 0 radical (unpaired) electrons. The van der Waals surface area contributed by atoms with E-state index in [9.17, 15) is 9.59 Å². The zero-order chi connectivity index (χ0) is 14.4. The zero-order valence-corrected chi connectivity index (χ0v) is 11.1. The highest BCUT2D eigenvalue weighted by Crippen LogP contribution is 2.19. The maximum Gasteiger partial charge on any atom is 0.341 e. The van der Waals surface area contributed by atoms with E-state index in [1.54, 1.807) is 24.3 Å². The number of nitrogens with one attached hydrogen (secondary N) is 2. The molecule has 1 aromatic carbocycles. The molecular formula is C14H18N2O4. The summed E-state index contributed by atoms with van der Waals surface area (Å²) in [5.41, 5.74) is 0.614. The third kappa shape index (κ3) is 4.24. The number of amides is 1. The van der Waals surface area contributed by atoms with Crippen LogP contribution in [0.2, 0.25) is 0 Å². The molecule has 1 aliphatic heterocycles. The van der Waals surface area contributed by atoms with Crippen LogP contribution >= 0.6 is 0 Å². The third-order valence-electron chi connectivity index (χ3n) is 3.13. The molecule has 1 atom stereocenters. The zero-order valence-electron chi connectivity index (χ0n) is 11.1. The van der Waals surface area contributed by atoms with Gasteiger partial charge in [0, 0.05) is 18.3 Å². The van der Waals surface area contributed by atoms with Crippen LogP contribution in [0.4, 0.5) is 5.69 Å². The second-order valence-electron chi connectivity index (χ2n) is 4.74. The minimum absolute atomic E-state index is 0.0208. The smallest absolute Gasteiger partial charge is 0.341 e.